The summed E-state index contributed by atoms with van der Waals surface area (Å²) in [6, 6.07) is 0. The first-order valence-corrected chi connectivity index (χ1v) is 12.3. The van der Waals surface area contributed by atoms with E-state index in [0.29, 0.717) is 6.61 Å². The molecule has 0 amide bonds. The highest BCUT2D eigenvalue weighted by molar-refractivity contribution is 6.83. The van der Waals surface area contributed by atoms with Crippen molar-refractivity contribution >= 4 is 14.0 Å². The predicted molar refractivity (Wildman–Crippen MR) is 98.4 cm³/mol. The molecule has 1 atom stereocenters. The Kier molecular flexibility index (Phi) is 11.9. The summed E-state index contributed by atoms with van der Waals surface area (Å²) in [5, 5.41) is 0. The smallest absolute Gasteiger partial charge is 0.330 e. The number of ether oxygens (including phenoxy) is 1. The van der Waals surface area contributed by atoms with E-state index in [1.165, 1.54) is 38.5 Å². The van der Waals surface area contributed by atoms with Crippen LogP contribution in [0.25, 0.3) is 0 Å². The van der Waals surface area contributed by atoms with E-state index in [1.54, 1.807) is 6.08 Å². The normalized spacial score (nSPS) is 12.8. The molecule has 0 aromatic rings. The lowest BCUT2D eigenvalue weighted by atomic mass is 10.0. The lowest BCUT2D eigenvalue weighted by Gasteiger charge is -2.09. The molecule has 0 radical (unpaired) electrons. The first-order valence-electron chi connectivity index (χ1n) is 8.76. The third-order valence-electron chi connectivity index (χ3n) is 3.25. The summed E-state index contributed by atoms with van der Waals surface area (Å²) in [5.74, 6) is 3.30. The van der Waals surface area contributed by atoms with Crippen LogP contribution in [-0.4, -0.2) is 20.7 Å². The number of hydrogen-bond acceptors (Lipinski definition) is 2. The largest absolute Gasteiger partial charge is 0.463 e. The molecule has 0 saturated carbocycles. The Morgan fingerprint density at radius 2 is 1.73 bits per heavy atom. The maximum absolute atomic E-state index is 11.4. The molecular formula is C19H34O2Si. The molecule has 0 aliphatic rings. The SMILES string of the molecule is CCCCCCCCC(C#C[Si](C)(C)C)/C=C\C(=O)OCC. The van der Waals surface area contributed by atoms with Gasteiger partial charge in [0.25, 0.3) is 0 Å². The van der Waals surface area contributed by atoms with Crippen molar-refractivity contribution in [1.29, 1.82) is 0 Å². The average Bonchev–Trinajstić information content (AvgIpc) is 2.44. The second kappa shape index (κ2) is 12.5. The van der Waals surface area contributed by atoms with Crippen molar-refractivity contribution in [3.8, 4) is 11.5 Å². The Balaban J connectivity index is 4.40. The number of rotatable bonds is 10. The Labute approximate surface area is 138 Å². The number of unbranched alkanes of at least 4 members (excludes halogenated alkanes) is 5. The number of hydrogen-bond donors (Lipinski definition) is 0. The van der Waals surface area contributed by atoms with Crippen molar-refractivity contribution in [3.05, 3.63) is 12.2 Å². The van der Waals surface area contributed by atoms with Crippen LogP contribution >= 0.6 is 0 Å². The standard InChI is InChI=1S/C19H34O2Si/c1-6-8-9-10-11-12-13-18(16-17-22(3,4)5)14-15-19(20)21-7-2/h14-15,18H,6-13H2,1-5H3/b15-14-. The summed E-state index contributed by atoms with van der Waals surface area (Å²) >= 11 is 0. The van der Waals surface area contributed by atoms with Crippen LogP contribution in [0.5, 0.6) is 0 Å². The van der Waals surface area contributed by atoms with Crippen LogP contribution in [0.2, 0.25) is 19.6 Å². The minimum absolute atomic E-state index is 0.183. The zero-order valence-electron chi connectivity index (χ0n) is 15.2. The molecule has 0 spiro atoms. The summed E-state index contributed by atoms with van der Waals surface area (Å²) in [4.78, 5) is 11.4. The molecule has 0 N–H and O–H groups in total. The molecule has 1 unspecified atom stereocenters. The van der Waals surface area contributed by atoms with Gasteiger partial charge < -0.3 is 4.74 Å². The van der Waals surface area contributed by atoms with Crippen molar-refractivity contribution in [2.75, 3.05) is 6.61 Å². The van der Waals surface area contributed by atoms with Gasteiger partial charge in [0.15, 0.2) is 0 Å². The monoisotopic (exact) mass is 322 g/mol. The number of carbonyl (C=O) groups is 1. The Hall–Kier alpha value is -1.01. The van der Waals surface area contributed by atoms with E-state index in [9.17, 15) is 4.79 Å². The highest BCUT2D eigenvalue weighted by Gasteiger charge is 2.09. The second-order valence-corrected chi connectivity index (χ2v) is 11.5. The average molecular weight is 323 g/mol. The van der Waals surface area contributed by atoms with Gasteiger partial charge in [-0.15, -0.1) is 11.5 Å². The number of carbonyl (C=O) groups excluding carboxylic acids is 1. The lowest BCUT2D eigenvalue weighted by molar-refractivity contribution is -0.137. The summed E-state index contributed by atoms with van der Waals surface area (Å²) in [6.45, 7) is 11.2. The quantitative estimate of drug-likeness (QED) is 0.178. The van der Waals surface area contributed by atoms with Crippen molar-refractivity contribution in [1.82, 2.24) is 0 Å². The maximum Gasteiger partial charge on any atom is 0.330 e. The Morgan fingerprint density at radius 3 is 2.32 bits per heavy atom. The first-order chi connectivity index (χ1) is 10.4. The van der Waals surface area contributed by atoms with Gasteiger partial charge in [-0.2, -0.15) is 0 Å². The number of esters is 1. The molecule has 0 saturated heterocycles. The van der Waals surface area contributed by atoms with E-state index >= 15 is 0 Å². The van der Waals surface area contributed by atoms with Gasteiger partial charge in [0.2, 0.25) is 0 Å². The van der Waals surface area contributed by atoms with Gasteiger partial charge in [-0.25, -0.2) is 4.79 Å². The van der Waals surface area contributed by atoms with E-state index in [2.05, 4.69) is 38.0 Å². The van der Waals surface area contributed by atoms with Gasteiger partial charge in [-0.1, -0.05) is 71.2 Å². The van der Waals surface area contributed by atoms with Crippen molar-refractivity contribution in [2.45, 2.75) is 78.4 Å². The topological polar surface area (TPSA) is 26.3 Å². The van der Waals surface area contributed by atoms with Gasteiger partial charge in [0.1, 0.15) is 8.07 Å². The minimum atomic E-state index is -1.37. The van der Waals surface area contributed by atoms with Gasteiger partial charge in [0, 0.05) is 12.0 Å². The third-order valence-corrected chi connectivity index (χ3v) is 4.15. The second-order valence-electron chi connectivity index (χ2n) is 6.79. The lowest BCUT2D eigenvalue weighted by Crippen LogP contribution is -2.17. The highest BCUT2D eigenvalue weighted by Crippen LogP contribution is 2.14. The summed E-state index contributed by atoms with van der Waals surface area (Å²) in [5.41, 5.74) is 3.42. The van der Waals surface area contributed by atoms with Crippen molar-refractivity contribution in [3.63, 3.8) is 0 Å². The van der Waals surface area contributed by atoms with Gasteiger partial charge >= 0.3 is 5.97 Å². The van der Waals surface area contributed by atoms with Crippen LogP contribution in [0.1, 0.15) is 58.8 Å². The first kappa shape index (κ1) is 21.0. The molecule has 0 aliphatic heterocycles. The molecule has 0 heterocycles. The zero-order chi connectivity index (χ0) is 16.8. The molecule has 22 heavy (non-hydrogen) atoms. The molecule has 0 aromatic carbocycles. The van der Waals surface area contributed by atoms with E-state index in [0.717, 1.165) is 6.42 Å². The number of allylic oxidation sites excluding steroid dienone is 1. The van der Waals surface area contributed by atoms with Crippen LogP contribution in [0.4, 0.5) is 0 Å². The van der Waals surface area contributed by atoms with Crippen LogP contribution in [0.15, 0.2) is 12.2 Å². The van der Waals surface area contributed by atoms with E-state index in [-0.39, 0.29) is 11.9 Å². The van der Waals surface area contributed by atoms with E-state index < -0.39 is 8.07 Å². The molecule has 0 bridgehead atoms. The van der Waals surface area contributed by atoms with E-state index in [1.807, 2.05) is 13.0 Å². The summed E-state index contributed by atoms with van der Waals surface area (Å²) in [6.07, 6.45) is 12.2. The van der Waals surface area contributed by atoms with Gasteiger partial charge in [-0.3, -0.25) is 0 Å². The van der Waals surface area contributed by atoms with Crippen LogP contribution in [0.3, 0.4) is 0 Å². The fourth-order valence-electron chi connectivity index (χ4n) is 2.06. The molecule has 0 rings (SSSR count). The van der Waals surface area contributed by atoms with Gasteiger partial charge in [0.05, 0.1) is 6.61 Å². The molecule has 3 heteroatoms. The van der Waals surface area contributed by atoms with Crippen molar-refractivity contribution < 1.29 is 9.53 Å². The van der Waals surface area contributed by atoms with Crippen LogP contribution in [0, 0.1) is 17.4 Å². The predicted octanol–water partition coefficient (Wildman–Crippen LogP) is 5.35. The molecule has 0 aliphatic carbocycles. The minimum Gasteiger partial charge on any atom is -0.463 e. The zero-order valence-corrected chi connectivity index (χ0v) is 16.2. The van der Waals surface area contributed by atoms with Crippen LogP contribution in [-0.2, 0) is 9.53 Å². The maximum atomic E-state index is 11.4. The molecule has 2 nitrogen and oxygen atoms in total. The van der Waals surface area contributed by atoms with Crippen LogP contribution < -0.4 is 0 Å². The molecule has 0 aromatic heterocycles. The molecule has 126 valence electrons. The highest BCUT2D eigenvalue weighted by atomic mass is 28.3. The summed E-state index contributed by atoms with van der Waals surface area (Å²) in [7, 11) is -1.37. The summed E-state index contributed by atoms with van der Waals surface area (Å²) < 4.78 is 4.94. The fourth-order valence-corrected chi connectivity index (χ4v) is 2.67. The Bertz CT molecular complexity index is 382. The van der Waals surface area contributed by atoms with Crippen molar-refractivity contribution in [2.24, 2.45) is 5.92 Å². The third kappa shape index (κ3) is 13.9. The molecular weight excluding hydrogens is 288 g/mol. The van der Waals surface area contributed by atoms with Gasteiger partial charge in [-0.05, 0) is 13.3 Å². The Morgan fingerprint density at radius 1 is 1.09 bits per heavy atom. The molecule has 0 fully saturated rings. The fraction of sp³-hybridized carbons (Fsp3) is 0.737. The van der Waals surface area contributed by atoms with E-state index in [4.69, 9.17) is 4.74 Å².